The first-order valence-corrected chi connectivity index (χ1v) is 10.6. The van der Waals surface area contributed by atoms with E-state index in [0.29, 0.717) is 24.7 Å². The first kappa shape index (κ1) is 18.5. The molecule has 2 aromatic carbocycles. The average Bonchev–Trinajstić information content (AvgIpc) is 2.63. The van der Waals surface area contributed by atoms with Gasteiger partial charge in [-0.2, -0.15) is 0 Å². The fourth-order valence-electron chi connectivity index (χ4n) is 2.83. The van der Waals surface area contributed by atoms with E-state index in [9.17, 15) is 8.42 Å². The molecule has 3 rings (SSSR count). The van der Waals surface area contributed by atoms with E-state index in [1.54, 1.807) is 23.9 Å². The van der Waals surface area contributed by atoms with Crippen LogP contribution in [0.1, 0.15) is 6.92 Å². The van der Waals surface area contributed by atoms with Gasteiger partial charge >= 0.3 is 0 Å². The van der Waals surface area contributed by atoms with Crippen molar-refractivity contribution in [3.05, 3.63) is 61.5 Å². The van der Waals surface area contributed by atoms with Crippen molar-refractivity contribution in [2.24, 2.45) is 0 Å². The molecule has 0 bridgehead atoms. The molecule has 1 saturated heterocycles. The third kappa shape index (κ3) is 4.26. The second kappa shape index (κ2) is 7.91. The maximum absolute atomic E-state index is 12.9. The smallest absolute Gasteiger partial charge is 0.194 e. The van der Waals surface area contributed by atoms with Gasteiger partial charge in [0.2, 0.25) is 0 Å². The first-order valence-electron chi connectivity index (χ1n) is 8.22. The van der Waals surface area contributed by atoms with Gasteiger partial charge in [-0.1, -0.05) is 30.0 Å². The van der Waals surface area contributed by atoms with E-state index in [0.717, 1.165) is 9.79 Å². The molecule has 0 spiro atoms. The Kier molecular flexibility index (Phi) is 5.84. The normalized spacial score (nSPS) is 20.3. The molecule has 1 radical (unpaired) electrons. The topological polar surface area (TPSA) is 46.6 Å². The highest BCUT2D eigenvalue weighted by Gasteiger charge is 2.33. The number of nitrogens with zero attached hydrogens (tertiary/aromatic N) is 1. The maximum atomic E-state index is 12.9. The van der Waals surface area contributed by atoms with Gasteiger partial charge < -0.3 is 4.74 Å². The summed E-state index contributed by atoms with van der Waals surface area (Å²) in [5.74, 6) is 0. The fraction of sp³-hybridized carbons (Fsp3) is 0.316. The van der Waals surface area contributed by atoms with E-state index in [-0.39, 0.29) is 6.04 Å². The van der Waals surface area contributed by atoms with E-state index in [1.165, 1.54) is 0 Å². The summed E-state index contributed by atoms with van der Waals surface area (Å²) >= 11 is 1.61. The number of hydrogen-bond donors (Lipinski definition) is 0. The van der Waals surface area contributed by atoms with Gasteiger partial charge in [-0.15, -0.1) is 0 Å². The van der Waals surface area contributed by atoms with Crippen molar-refractivity contribution in [3.63, 3.8) is 0 Å². The van der Waals surface area contributed by atoms with Gasteiger partial charge in [-0.25, -0.2) is 8.42 Å². The molecule has 0 saturated carbocycles. The molecule has 1 unspecified atom stereocenters. The summed E-state index contributed by atoms with van der Waals surface area (Å²) in [7, 11) is -3.51. The molecule has 0 aliphatic carbocycles. The Morgan fingerprint density at radius 1 is 1.12 bits per heavy atom. The summed E-state index contributed by atoms with van der Waals surface area (Å²) in [6.45, 7) is 7.55. The van der Waals surface area contributed by atoms with Crippen LogP contribution in [0.25, 0.3) is 0 Å². The predicted molar refractivity (Wildman–Crippen MR) is 100 cm³/mol. The Morgan fingerprint density at radius 3 is 2.40 bits per heavy atom. The lowest BCUT2D eigenvalue weighted by molar-refractivity contribution is -0.00124. The van der Waals surface area contributed by atoms with Crippen LogP contribution in [0.2, 0.25) is 0 Å². The van der Waals surface area contributed by atoms with E-state index in [4.69, 9.17) is 4.74 Å². The molecule has 25 heavy (non-hydrogen) atoms. The third-order valence-corrected chi connectivity index (χ3v) is 7.21. The fourth-order valence-corrected chi connectivity index (χ4v) is 5.16. The molecule has 0 aromatic heterocycles. The largest absolute Gasteiger partial charge is 0.379 e. The van der Waals surface area contributed by atoms with Crippen LogP contribution in [0.15, 0.2) is 69.3 Å². The zero-order chi connectivity index (χ0) is 17.9. The second-order valence-corrected chi connectivity index (χ2v) is 9.30. The molecule has 4 nitrogen and oxygen atoms in total. The quantitative estimate of drug-likeness (QED) is 0.799. The molecular formula is C19H22NO3S2. The van der Waals surface area contributed by atoms with Crippen molar-refractivity contribution < 1.29 is 13.2 Å². The molecule has 133 valence electrons. The van der Waals surface area contributed by atoms with Crippen LogP contribution >= 0.6 is 11.8 Å². The van der Waals surface area contributed by atoms with Gasteiger partial charge in [0.25, 0.3) is 0 Å². The van der Waals surface area contributed by atoms with Gasteiger partial charge in [-0.05, 0) is 50.2 Å². The van der Waals surface area contributed by atoms with Gasteiger partial charge in [-0.3, -0.25) is 4.90 Å². The van der Waals surface area contributed by atoms with Crippen LogP contribution in [0.3, 0.4) is 0 Å². The summed E-state index contributed by atoms with van der Waals surface area (Å²) in [6, 6.07) is 17.1. The summed E-state index contributed by atoms with van der Waals surface area (Å²) < 4.78 is 31.2. The highest BCUT2D eigenvalue weighted by atomic mass is 32.2. The highest BCUT2D eigenvalue weighted by molar-refractivity contribution is 7.99. The van der Waals surface area contributed by atoms with E-state index in [1.807, 2.05) is 54.3 Å². The number of sulfone groups is 1. The van der Waals surface area contributed by atoms with Crippen molar-refractivity contribution in [3.8, 4) is 0 Å². The minimum absolute atomic E-state index is 0.0407. The number of rotatable bonds is 5. The average molecular weight is 377 g/mol. The van der Waals surface area contributed by atoms with Gasteiger partial charge in [0.1, 0.15) is 5.37 Å². The predicted octanol–water partition coefficient (Wildman–Crippen LogP) is 3.49. The van der Waals surface area contributed by atoms with E-state index < -0.39 is 15.2 Å². The third-order valence-electron chi connectivity index (χ3n) is 4.28. The van der Waals surface area contributed by atoms with Crippen molar-refractivity contribution >= 4 is 21.6 Å². The lowest BCUT2D eigenvalue weighted by Gasteiger charge is -2.37. The number of ether oxygens (including phenoxy) is 1. The highest BCUT2D eigenvalue weighted by Crippen LogP contribution is 2.29. The molecule has 1 aliphatic rings. The maximum Gasteiger partial charge on any atom is 0.194 e. The van der Waals surface area contributed by atoms with Crippen LogP contribution in [0, 0.1) is 6.92 Å². The van der Waals surface area contributed by atoms with Crippen LogP contribution in [0.5, 0.6) is 0 Å². The van der Waals surface area contributed by atoms with Gasteiger partial charge in [0.05, 0.1) is 18.1 Å². The molecule has 0 N–H and O–H groups in total. The summed E-state index contributed by atoms with van der Waals surface area (Å²) in [4.78, 5) is 4.33. The first-order chi connectivity index (χ1) is 12.0. The van der Waals surface area contributed by atoms with Crippen LogP contribution in [-0.4, -0.2) is 44.5 Å². The monoisotopic (exact) mass is 376 g/mol. The Hall–Kier alpha value is -1.34. The Balaban J connectivity index is 1.76. The van der Waals surface area contributed by atoms with Gasteiger partial charge in [0, 0.05) is 22.4 Å². The molecule has 6 heteroatoms. The molecule has 1 fully saturated rings. The molecule has 2 aromatic rings. The zero-order valence-electron chi connectivity index (χ0n) is 14.2. The molecule has 1 aliphatic heterocycles. The summed E-state index contributed by atoms with van der Waals surface area (Å²) in [5, 5.41) is -0.806. The van der Waals surface area contributed by atoms with E-state index >= 15 is 0 Å². The molecule has 1 heterocycles. The van der Waals surface area contributed by atoms with Crippen LogP contribution in [-0.2, 0) is 14.6 Å². The molecule has 0 amide bonds. The Bertz CT molecular complexity index is 791. The Morgan fingerprint density at radius 2 is 1.76 bits per heavy atom. The van der Waals surface area contributed by atoms with E-state index in [2.05, 4.69) is 6.92 Å². The number of morpholine rings is 1. The minimum atomic E-state index is -3.51. The zero-order valence-corrected chi connectivity index (χ0v) is 15.8. The van der Waals surface area contributed by atoms with Crippen molar-refractivity contribution in [2.45, 2.75) is 33.0 Å². The Labute approximate surface area is 154 Å². The van der Waals surface area contributed by atoms with Crippen molar-refractivity contribution in [1.29, 1.82) is 0 Å². The minimum Gasteiger partial charge on any atom is -0.379 e. The summed E-state index contributed by atoms with van der Waals surface area (Å²) in [6.07, 6.45) is 0. The standard InChI is InChI=1S/C19H22NO3S2/c1-15-14-23-13-12-20(15)16(2)25(21,22)19-10-8-18(9-11-19)24-17-6-4-3-5-7-17/h3-11,15-16H,2,12-14H2,1H3/t15?,16-/m1/s1. The molecular weight excluding hydrogens is 354 g/mol. The van der Waals surface area contributed by atoms with Crippen LogP contribution < -0.4 is 0 Å². The lowest BCUT2D eigenvalue weighted by Crippen LogP contribution is -2.51. The number of hydrogen-bond acceptors (Lipinski definition) is 5. The van der Waals surface area contributed by atoms with Gasteiger partial charge in [0.15, 0.2) is 9.84 Å². The summed E-state index contributed by atoms with van der Waals surface area (Å²) in [5.41, 5.74) is 0. The van der Waals surface area contributed by atoms with Crippen molar-refractivity contribution in [2.75, 3.05) is 19.8 Å². The number of benzene rings is 2. The van der Waals surface area contributed by atoms with Crippen LogP contribution in [0.4, 0.5) is 0 Å². The van der Waals surface area contributed by atoms with Crippen molar-refractivity contribution in [1.82, 2.24) is 4.90 Å². The second-order valence-electron chi connectivity index (χ2n) is 6.05. The lowest BCUT2D eigenvalue weighted by atomic mass is 10.2. The molecule has 2 atom stereocenters. The SMILES string of the molecule is [CH2][C@H](N1CCOCC1C)S(=O)(=O)c1ccc(Sc2ccccc2)cc1.